The molecule has 4 fully saturated rings. The number of fused-ring (bicyclic) bond motifs is 6. The molecule has 45 heavy (non-hydrogen) atoms. The van der Waals surface area contributed by atoms with Gasteiger partial charge in [0.05, 0.1) is 23.6 Å². The van der Waals surface area contributed by atoms with E-state index in [-0.39, 0.29) is 60.1 Å². The van der Waals surface area contributed by atoms with Crippen LogP contribution in [0.5, 0.6) is 11.8 Å². The summed E-state index contributed by atoms with van der Waals surface area (Å²) in [6.07, 6.45) is 4.37. The van der Waals surface area contributed by atoms with Crippen molar-refractivity contribution in [2.45, 2.75) is 75.2 Å². The van der Waals surface area contributed by atoms with E-state index >= 15 is 4.39 Å². The first-order chi connectivity index (χ1) is 21.7. The molecule has 2 aromatic heterocycles. The van der Waals surface area contributed by atoms with Crippen molar-refractivity contribution in [2.75, 3.05) is 37.7 Å². The first kappa shape index (κ1) is 28.9. The Labute approximate surface area is 264 Å². The van der Waals surface area contributed by atoms with Gasteiger partial charge in [0.2, 0.25) is 0 Å². The Kier molecular flexibility index (Phi) is 6.94. The summed E-state index contributed by atoms with van der Waals surface area (Å²) in [5, 5.41) is 14.2. The lowest BCUT2D eigenvalue weighted by molar-refractivity contribution is 0.107. The van der Waals surface area contributed by atoms with Gasteiger partial charge < -0.3 is 24.8 Å². The van der Waals surface area contributed by atoms with E-state index < -0.39 is 23.6 Å². The number of pyridine rings is 1. The first-order valence-electron chi connectivity index (χ1n) is 15.8. The predicted octanol–water partition coefficient (Wildman–Crippen LogP) is 5.35. The number of aromatic nitrogens is 3. The average Bonchev–Trinajstić information content (AvgIpc) is 3.31. The molecule has 1 amide bonds. The standard InChI is InChI=1S/C32H35ClF2N6O4/c1-16-7-19-14-41(16)29-23-12-36-27(22-9-20(42)10-24(33)25(22)21-8-17(21)3-6-44-31(43)37-19)26(35)28(23)38-30(39-29)45-15-32-4-2-5-40(32)13-18(34)11-32/h9-10,12,16-19,21,42H,2-8,11,13-15H2,1H3,(H,37,43)/t16-,17-,18-,19-,21+,32+/m1/s1. The molecule has 6 aliphatic rings. The minimum atomic E-state index is -0.917. The van der Waals surface area contributed by atoms with E-state index in [0.717, 1.165) is 25.8 Å². The van der Waals surface area contributed by atoms with Crippen LogP contribution in [0, 0.1) is 11.7 Å². The highest BCUT2D eigenvalue weighted by atomic mass is 35.5. The van der Waals surface area contributed by atoms with E-state index in [4.69, 9.17) is 26.1 Å². The maximum atomic E-state index is 16.8. The fraction of sp³-hybridized carbons (Fsp3) is 0.562. The number of amides is 1. The number of carbonyl (C=O) groups excluding carboxylic acids is 1. The number of nitrogens with zero attached hydrogens (tertiary/aromatic N) is 5. The van der Waals surface area contributed by atoms with Crippen molar-refractivity contribution in [1.82, 2.24) is 25.2 Å². The van der Waals surface area contributed by atoms with Gasteiger partial charge in [-0.1, -0.05) is 11.6 Å². The number of nitrogens with one attached hydrogen (secondary N) is 1. The van der Waals surface area contributed by atoms with Crippen LogP contribution in [-0.4, -0.2) is 87.7 Å². The number of aromatic hydroxyl groups is 1. The van der Waals surface area contributed by atoms with Crippen LogP contribution >= 0.6 is 11.6 Å². The molecule has 1 aromatic carbocycles. The molecule has 1 aliphatic carbocycles. The highest BCUT2D eigenvalue weighted by Crippen LogP contribution is 2.55. The van der Waals surface area contributed by atoms with Gasteiger partial charge in [0.25, 0.3) is 0 Å². The molecule has 7 heterocycles. The summed E-state index contributed by atoms with van der Waals surface area (Å²) in [6, 6.07) is 2.67. The van der Waals surface area contributed by atoms with E-state index in [1.54, 1.807) is 6.20 Å². The number of benzene rings is 1. The van der Waals surface area contributed by atoms with Gasteiger partial charge in [0.1, 0.15) is 35.6 Å². The second-order valence-electron chi connectivity index (χ2n) is 13.4. The minimum Gasteiger partial charge on any atom is -0.508 e. The summed E-state index contributed by atoms with van der Waals surface area (Å²) in [7, 11) is 0. The molecule has 0 radical (unpaired) electrons. The van der Waals surface area contributed by atoms with Gasteiger partial charge in [0.15, 0.2) is 5.82 Å². The van der Waals surface area contributed by atoms with Crippen LogP contribution in [0.15, 0.2) is 18.3 Å². The lowest BCUT2D eigenvalue weighted by Gasteiger charge is -2.31. The molecule has 1 saturated carbocycles. The molecule has 238 valence electrons. The Hall–Kier alpha value is -3.51. The van der Waals surface area contributed by atoms with Crippen LogP contribution in [0.4, 0.5) is 19.4 Å². The summed E-state index contributed by atoms with van der Waals surface area (Å²) < 4.78 is 43.0. The van der Waals surface area contributed by atoms with Crippen molar-refractivity contribution < 1.29 is 28.2 Å². The van der Waals surface area contributed by atoms with Gasteiger partial charge in [-0.15, -0.1) is 0 Å². The monoisotopic (exact) mass is 640 g/mol. The number of hydrogen-bond acceptors (Lipinski definition) is 9. The van der Waals surface area contributed by atoms with Gasteiger partial charge in [-0.05, 0) is 75.1 Å². The second kappa shape index (κ2) is 10.8. The number of hydrogen-bond donors (Lipinski definition) is 2. The molecule has 10 nitrogen and oxygen atoms in total. The number of halogens is 3. The number of phenols is 1. The molecule has 5 aliphatic heterocycles. The highest BCUT2D eigenvalue weighted by molar-refractivity contribution is 6.32. The van der Waals surface area contributed by atoms with E-state index in [0.29, 0.717) is 59.7 Å². The van der Waals surface area contributed by atoms with E-state index in [9.17, 15) is 14.3 Å². The molecule has 3 saturated heterocycles. The zero-order valence-electron chi connectivity index (χ0n) is 24.9. The zero-order chi connectivity index (χ0) is 31.0. The van der Waals surface area contributed by atoms with Gasteiger partial charge in [-0.2, -0.15) is 9.97 Å². The molecule has 0 unspecified atom stereocenters. The topological polar surface area (TPSA) is 113 Å². The second-order valence-corrected chi connectivity index (χ2v) is 13.8. The largest absolute Gasteiger partial charge is 0.508 e. The van der Waals surface area contributed by atoms with E-state index in [1.807, 2.05) is 11.8 Å². The van der Waals surface area contributed by atoms with Crippen LogP contribution in [0.3, 0.4) is 0 Å². The smallest absolute Gasteiger partial charge is 0.407 e. The van der Waals surface area contributed by atoms with E-state index in [1.165, 1.54) is 12.1 Å². The van der Waals surface area contributed by atoms with Gasteiger partial charge in [0, 0.05) is 42.3 Å². The minimum absolute atomic E-state index is 0.00507. The lowest BCUT2D eigenvalue weighted by atomic mass is 9.95. The molecular weight excluding hydrogens is 606 g/mol. The van der Waals surface area contributed by atoms with Crippen molar-refractivity contribution >= 4 is 34.4 Å². The highest BCUT2D eigenvalue weighted by Gasteiger charge is 2.49. The van der Waals surface area contributed by atoms with Crippen molar-refractivity contribution in [3.8, 4) is 23.0 Å². The normalized spacial score (nSPS) is 31.0. The fourth-order valence-electron chi connectivity index (χ4n) is 8.18. The molecule has 6 atom stereocenters. The van der Waals surface area contributed by atoms with Crippen LogP contribution < -0.4 is 15.0 Å². The van der Waals surface area contributed by atoms with Crippen LogP contribution in [0.25, 0.3) is 22.2 Å². The van der Waals surface area contributed by atoms with Crippen molar-refractivity contribution in [1.29, 1.82) is 0 Å². The molecular formula is C32H35ClF2N6O4. The number of alkyl carbamates (subject to hydrolysis) is 1. The van der Waals surface area contributed by atoms with E-state index in [2.05, 4.69) is 20.2 Å². The number of alkyl halides is 1. The summed E-state index contributed by atoms with van der Waals surface area (Å²) in [5.74, 6) is -0.155. The average molecular weight is 641 g/mol. The summed E-state index contributed by atoms with van der Waals surface area (Å²) in [6.45, 7) is 4.08. The SMILES string of the molecule is C[C@@H]1C[C@@H]2CN1c1nc(OC[C@@]34CCCN3C[C@H](F)C4)nc3c(F)c(ncc13)-c1cc(O)cc(Cl)c1[C@H]1C[C@H]1CCOC(=O)N2. The van der Waals surface area contributed by atoms with Crippen molar-refractivity contribution in [3.05, 3.63) is 34.7 Å². The van der Waals surface area contributed by atoms with Crippen molar-refractivity contribution in [2.24, 2.45) is 5.92 Å². The third kappa shape index (κ3) is 5.00. The molecule has 13 heteroatoms. The number of ether oxygens (including phenoxy) is 2. The number of phenolic OH excluding ortho intramolecular Hbond substituents is 1. The Balaban J connectivity index is 1.26. The van der Waals surface area contributed by atoms with Gasteiger partial charge >= 0.3 is 12.1 Å². The number of anilines is 1. The number of carbonyl (C=O) groups is 1. The Morgan fingerprint density at radius 3 is 3.00 bits per heavy atom. The summed E-state index contributed by atoms with van der Waals surface area (Å²) in [4.78, 5) is 30.8. The Morgan fingerprint density at radius 1 is 1.27 bits per heavy atom. The molecule has 0 spiro atoms. The Bertz CT molecular complexity index is 1700. The summed E-state index contributed by atoms with van der Waals surface area (Å²) in [5.41, 5.74) is 0.714. The van der Waals surface area contributed by atoms with Gasteiger partial charge in [-0.25, -0.2) is 13.6 Å². The quantitative estimate of drug-likeness (QED) is 0.391. The summed E-state index contributed by atoms with van der Waals surface area (Å²) >= 11 is 6.67. The third-order valence-electron chi connectivity index (χ3n) is 10.4. The lowest BCUT2D eigenvalue weighted by Crippen LogP contribution is -2.43. The van der Waals surface area contributed by atoms with Crippen molar-refractivity contribution in [3.63, 3.8) is 0 Å². The number of rotatable bonds is 3. The third-order valence-corrected chi connectivity index (χ3v) is 10.7. The predicted molar refractivity (Wildman–Crippen MR) is 163 cm³/mol. The molecule has 6 bridgehead atoms. The van der Waals surface area contributed by atoms with Gasteiger partial charge in [-0.3, -0.25) is 9.88 Å². The fourth-order valence-corrected chi connectivity index (χ4v) is 8.53. The first-order valence-corrected chi connectivity index (χ1v) is 16.2. The zero-order valence-corrected chi connectivity index (χ0v) is 25.7. The van der Waals surface area contributed by atoms with Crippen LogP contribution in [0.1, 0.15) is 56.9 Å². The maximum absolute atomic E-state index is 16.8. The van der Waals surface area contributed by atoms with Crippen LogP contribution in [0.2, 0.25) is 5.02 Å². The maximum Gasteiger partial charge on any atom is 0.407 e. The Morgan fingerprint density at radius 2 is 2.13 bits per heavy atom. The molecule has 3 aromatic rings. The van der Waals surface area contributed by atoms with Crippen LogP contribution in [-0.2, 0) is 4.74 Å². The molecule has 2 N–H and O–H groups in total. The molecule has 9 rings (SSSR count).